The van der Waals surface area contributed by atoms with E-state index < -0.39 is 6.09 Å². The topological polar surface area (TPSA) is 60.0 Å². The largest absolute Gasteiger partial charge is 0.447 e. The lowest BCUT2D eigenvalue weighted by Crippen LogP contribution is -2.48. The Morgan fingerprint density at radius 3 is 2.60 bits per heavy atom. The third-order valence-electron chi connectivity index (χ3n) is 3.47. The number of fused-ring (bicyclic) bond motifs is 1. The maximum atomic E-state index is 11.8. The van der Waals surface area contributed by atoms with Crippen LogP contribution in [0.4, 0.5) is 10.5 Å². The van der Waals surface area contributed by atoms with Gasteiger partial charge in [0.1, 0.15) is 25.6 Å². The number of hydrogen-bond donors (Lipinski definition) is 1. The number of ether oxygens (including phenoxy) is 3. The lowest BCUT2D eigenvalue weighted by molar-refractivity contribution is 0.0690. The van der Waals surface area contributed by atoms with Crippen LogP contribution in [0, 0.1) is 0 Å². The molecule has 6 nitrogen and oxygen atoms in total. The third kappa shape index (κ3) is 2.73. The number of carbonyl (C=O) groups is 1. The fraction of sp³-hybridized carbons (Fsp3) is 0.462. The first-order chi connectivity index (χ1) is 9.68. The van der Waals surface area contributed by atoms with Gasteiger partial charge < -0.3 is 14.2 Å². The molecule has 2 saturated heterocycles. The van der Waals surface area contributed by atoms with Crippen molar-refractivity contribution >= 4 is 23.4 Å². The second kappa shape index (κ2) is 5.57. The van der Waals surface area contributed by atoms with Gasteiger partial charge in [-0.1, -0.05) is 11.6 Å². The number of rotatable bonds is 3. The molecule has 108 valence electrons. The van der Waals surface area contributed by atoms with Gasteiger partial charge in [0.05, 0.1) is 13.2 Å². The summed E-state index contributed by atoms with van der Waals surface area (Å²) in [4.78, 5) is 13.8. The van der Waals surface area contributed by atoms with E-state index in [1.165, 1.54) is 0 Å². The van der Waals surface area contributed by atoms with Crippen LogP contribution in [0.25, 0.3) is 0 Å². The Hall–Kier alpha value is -1.34. The van der Waals surface area contributed by atoms with Crippen LogP contribution in [0.3, 0.4) is 0 Å². The number of benzene rings is 1. The molecule has 0 unspecified atom stereocenters. The summed E-state index contributed by atoms with van der Waals surface area (Å²) >= 11 is 5.78. The fourth-order valence-electron chi connectivity index (χ4n) is 2.29. The normalized spacial score (nSPS) is 20.6. The molecule has 0 atom stereocenters. The van der Waals surface area contributed by atoms with Crippen LogP contribution in [0.15, 0.2) is 24.3 Å². The fourth-order valence-corrected chi connectivity index (χ4v) is 2.41. The van der Waals surface area contributed by atoms with E-state index in [4.69, 9.17) is 25.8 Å². The minimum atomic E-state index is -0.500. The number of carbonyl (C=O) groups excluding carboxylic acids is 1. The Morgan fingerprint density at radius 1 is 1.30 bits per heavy atom. The molecule has 20 heavy (non-hydrogen) atoms. The van der Waals surface area contributed by atoms with Crippen molar-refractivity contribution in [2.45, 2.75) is 5.54 Å². The highest BCUT2D eigenvalue weighted by atomic mass is 35.5. The summed E-state index contributed by atoms with van der Waals surface area (Å²) in [7, 11) is 0. The maximum Gasteiger partial charge on any atom is 0.411 e. The first-order valence-electron chi connectivity index (χ1n) is 6.28. The molecule has 2 aliphatic rings. The van der Waals surface area contributed by atoms with E-state index >= 15 is 0 Å². The van der Waals surface area contributed by atoms with Crippen molar-refractivity contribution in [3.8, 4) is 0 Å². The van der Waals surface area contributed by atoms with Gasteiger partial charge >= 0.3 is 6.09 Å². The zero-order chi connectivity index (χ0) is 14.0. The van der Waals surface area contributed by atoms with Crippen molar-refractivity contribution in [3.05, 3.63) is 29.3 Å². The van der Waals surface area contributed by atoms with Gasteiger partial charge in [0.25, 0.3) is 0 Å². The van der Waals surface area contributed by atoms with Gasteiger partial charge in [-0.25, -0.2) is 9.69 Å². The van der Waals surface area contributed by atoms with E-state index in [1.807, 2.05) is 4.90 Å². The van der Waals surface area contributed by atoms with Crippen molar-refractivity contribution in [1.29, 1.82) is 0 Å². The molecule has 0 aromatic heterocycles. The molecule has 1 aromatic rings. The smallest absolute Gasteiger partial charge is 0.411 e. The Balaban J connectivity index is 1.53. The number of amides is 1. The number of nitrogens with zero attached hydrogens (tertiary/aromatic N) is 1. The summed E-state index contributed by atoms with van der Waals surface area (Å²) in [5, 5.41) is 3.27. The second-order valence-corrected chi connectivity index (χ2v) is 5.36. The molecular weight excluding hydrogens is 284 g/mol. The van der Waals surface area contributed by atoms with Crippen molar-refractivity contribution < 1.29 is 19.0 Å². The number of nitrogens with one attached hydrogen (secondary N) is 1. The van der Waals surface area contributed by atoms with E-state index in [0.717, 1.165) is 0 Å². The highest BCUT2D eigenvalue weighted by molar-refractivity contribution is 6.30. The number of anilines is 1. The van der Waals surface area contributed by atoms with E-state index in [1.54, 1.807) is 24.3 Å². The number of hydrogen-bond acceptors (Lipinski definition) is 5. The second-order valence-electron chi connectivity index (χ2n) is 4.93. The Morgan fingerprint density at radius 2 is 1.95 bits per heavy atom. The van der Waals surface area contributed by atoms with Crippen molar-refractivity contribution in [2.75, 3.05) is 38.6 Å². The summed E-state index contributed by atoms with van der Waals surface area (Å²) < 4.78 is 16.1. The van der Waals surface area contributed by atoms with E-state index in [-0.39, 0.29) is 12.1 Å². The Bertz CT molecular complexity index is 484. The van der Waals surface area contributed by atoms with Crippen LogP contribution in [-0.4, -0.2) is 49.8 Å². The minimum Gasteiger partial charge on any atom is -0.447 e. The van der Waals surface area contributed by atoms with Gasteiger partial charge in [-0.2, -0.15) is 0 Å². The summed E-state index contributed by atoms with van der Waals surface area (Å²) in [6.07, 6.45) is -0.500. The van der Waals surface area contributed by atoms with Crippen LogP contribution in [0.5, 0.6) is 0 Å². The van der Waals surface area contributed by atoms with Crippen LogP contribution in [0.2, 0.25) is 5.02 Å². The van der Waals surface area contributed by atoms with Crippen molar-refractivity contribution in [2.24, 2.45) is 0 Å². The summed E-state index contributed by atoms with van der Waals surface area (Å²) in [6.45, 7) is 2.30. The summed E-state index contributed by atoms with van der Waals surface area (Å²) in [6, 6.07) is 6.83. The Labute approximate surface area is 121 Å². The summed E-state index contributed by atoms with van der Waals surface area (Å²) in [5.41, 5.74) is 0.302. The lowest BCUT2D eigenvalue weighted by atomic mass is 10.0. The molecule has 2 fully saturated rings. The molecule has 1 amide bonds. The molecule has 1 N–H and O–H groups in total. The molecule has 0 saturated carbocycles. The molecule has 0 aliphatic carbocycles. The lowest BCUT2D eigenvalue weighted by Gasteiger charge is -2.26. The average Bonchev–Trinajstić information content (AvgIpc) is 2.99. The van der Waals surface area contributed by atoms with Gasteiger partial charge in [-0.3, -0.25) is 5.32 Å². The van der Waals surface area contributed by atoms with E-state index in [2.05, 4.69) is 5.32 Å². The van der Waals surface area contributed by atoms with Crippen LogP contribution in [-0.2, 0) is 14.2 Å². The molecule has 7 heteroatoms. The van der Waals surface area contributed by atoms with Crippen LogP contribution >= 0.6 is 11.6 Å². The SMILES string of the molecule is O=C(Nc1ccc(Cl)cc1)OCC12COCN1COC2. The predicted octanol–water partition coefficient (Wildman–Crippen LogP) is 1.90. The first-order valence-corrected chi connectivity index (χ1v) is 6.66. The molecule has 2 heterocycles. The Kier molecular flexibility index (Phi) is 3.80. The number of halogens is 1. The van der Waals surface area contributed by atoms with Gasteiger partial charge in [-0.15, -0.1) is 0 Å². The van der Waals surface area contributed by atoms with Crippen molar-refractivity contribution in [1.82, 2.24) is 4.90 Å². The van der Waals surface area contributed by atoms with Gasteiger partial charge in [0.15, 0.2) is 0 Å². The standard InChI is InChI=1S/C13H15ClN2O4/c14-10-1-3-11(4-2-10)15-12(17)20-7-13-5-18-8-16(13)9-19-6-13/h1-4H,5-9H2,(H,15,17). The predicted molar refractivity (Wildman–Crippen MR) is 72.6 cm³/mol. The van der Waals surface area contributed by atoms with Gasteiger partial charge in [0, 0.05) is 10.7 Å². The van der Waals surface area contributed by atoms with E-state index in [0.29, 0.717) is 37.4 Å². The van der Waals surface area contributed by atoms with Crippen LogP contribution < -0.4 is 5.32 Å². The molecular formula is C13H15ClN2O4. The average molecular weight is 299 g/mol. The molecule has 0 spiro atoms. The summed E-state index contributed by atoms with van der Waals surface area (Å²) in [5.74, 6) is 0. The highest BCUT2D eigenvalue weighted by Gasteiger charge is 2.47. The molecule has 2 aliphatic heterocycles. The quantitative estimate of drug-likeness (QED) is 0.923. The zero-order valence-electron chi connectivity index (χ0n) is 10.8. The monoisotopic (exact) mass is 298 g/mol. The third-order valence-corrected chi connectivity index (χ3v) is 3.72. The minimum absolute atomic E-state index is 0.242. The molecule has 1 aromatic carbocycles. The molecule has 0 bridgehead atoms. The zero-order valence-corrected chi connectivity index (χ0v) is 11.6. The maximum absolute atomic E-state index is 11.8. The molecule has 0 radical (unpaired) electrons. The van der Waals surface area contributed by atoms with Crippen LogP contribution in [0.1, 0.15) is 0 Å². The first kappa shape index (κ1) is 13.6. The van der Waals surface area contributed by atoms with Gasteiger partial charge in [-0.05, 0) is 24.3 Å². The molecule has 3 rings (SSSR count). The van der Waals surface area contributed by atoms with Crippen molar-refractivity contribution in [3.63, 3.8) is 0 Å². The van der Waals surface area contributed by atoms with E-state index in [9.17, 15) is 4.79 Å². The van der Waals surface area contributed by atoms with Gasteiger partial charge in [0.2, 0.25) is 0 Å². The highest BCUT2D eigenvalue weighted by Crippen LogP contribution is 2.28.